The fraction of sp³-hybridized carbons (Fsp3) is 0.429. The molecule has 0 saturated carbocycles. The van der Waals surface area contributed by atoms with Crippen molar-refractivity contribution in [1.29, 1.82) is 0 Å². The van der Waals surface area contributed by atoms with E-state index < -0.39 is 0 Å². The Kier molecular flexibility index (Phi) is 6.93. The highest BCUT2D eigenvalue weighted by atomic mass is 35.5. The molecule has 2 saturated heterocycles. The summed E-state index contributed by atoms with van der Waals surface area (Å²) in [5.41, 5.74) is 0.874. The molecule has 11 heteroatoms. The van der Waals surface area contributed by atoms with Crippen LogP contribution < -0.4 is 15.5 Å². The third-order valence-corrected chi connectivity index (χ3v) is 6.55. The third kappa shape index (κ3) is 5.03. The molecule has 0 spiro atoms. The molecule has 2 aliphatic rings. The first-order valence-electron chi connectivity index (χ1n) is 10.4. The number of nitrogens with zero attached hydrogens (tertiary/aromatic N) is 4. The van der Waals surface area contributed by atoms with Gasteiger partial charge in [0.25, 0.3) is 0 Å². The zero-order valence-corrected chi connectivity index (χ0v) is 19.7. The van der Waals surface area contributed by atoms with Gasteiger partial charge in [-0.1, -0.05) is 40.9 Å². The van der Waals surface area contributed by atoms with Gasteiger partial charge in [0, 0.05) is 49.2 Å². The summed E-state index contributed by atoms with van der Waals surface area (Å²) in [4.78, 5) is 36.8. The topological polar surface area (TPSA) is 90.5 Å². The number of hydrogen-bond donors (Lipinski definition) is 2. The molecule has 170 valence electrons. The lowest BCUT2D eigenvalue weighted by Gasteiger charge is -2.35. The summed E-state index contributed by atoms with van der Waals surface area (Å²) in [5, 5.41) is 7.54. The van der Waals surface area contributed by atoms with E-state index in [4.69, 9.17) is 34.8 Å². The van der Waals surface area contributed by atoms with Gasteiger partial charge in [-0.2, -0.15) is 4.98 Å². The monoisotopic (exact) mass is 496 g/mol. The van der Waals surface area contributed by atoms with Crippen LogP contribution in [0.2, 0.25) is 15.1 Å². The lowest BCUT2D eigenvalue weighted by atomic mass is 10.1. The van der Waals surface area contributed by atoms with E-state index >= 15 is 0 Å². The molecule has 8 nitrogen and oxygen atoms in total. The Morgan fingerprint density at radius 2 is 1.94 bits per heavy atom. The van der Waals surface area contributed by atoms with Gasteiger partial charge in [0.1, 0.15) is 5.02 Å². The second kappa shape index (κ2) is 9.68. The minimum atomic E-state index is -0.266. The van der Waals surface area contributed by atoms with Gasteiger partial charge in [0.15, 0.2) is 5.82 Å². The van der Waals surface area contributed by atoms with Crippen LogP contribution in [0.15, 0.2) is 24.4 Å². The number of nitrogens with one attached hydrogen (secondary N) is 2. The molecule has 2 fully saturated rings. The molecule has 0 aliphatic carbocycles. The molecule has 0 bridgehead atoms. The average molecular weight is 498 g/mol. The van der Waals surface area contributed by atoms with Gasteiger partial charge in [0.05, 0.1) is 18.2 Å². The van der Waals surface area contributed by atoms with Crippen molar-refractivity contribution in [3.05, 3.63) is 45.0 Å². The Bertz CT molecular complexity index is 1030. The van der Waals surface area contributed by atoms with Crippen molar-refractivity contribution >= 4 is 58.4 Å². The average Bonchev–Trinajstić information content (AvgIpc) is 3.21. The Labute approximate surface area is 201 Å². The van der Waals surface area contributed by atoms with Gasteiger partial charge in [-0.3, -0.25) is 9.59 Å². The van der Waals surface area contributed by atoms with Crippen molar-refractivity contribution in [2.75, 3.05) is 42.9 Å². The number of benzene rings is 1. The van der Waals surface area contributed by atoms with E-state index in [1.807, 2.05) is 17.9 Å². The first kappa shape index (κ1) is 22.9. The van der Waals surface area contributed by atoms with Crippen LogP contribution in [0.4, 0.5) is 11.8 Å². The van der Waals surface area contributed by atoms with E-state index in [2.05, 4.69) is 20.6 Å². The van der Waals surface area contributed by atoms with Crippen molar-refractivity contribution in [1.82, 2.24) is 20.2 Å². The first-order chi connectivity index (χ1) is 15.3. The number of anilines is 2. The summed E-state index contributed by atoms with van der Waals surface area (Å²) in [7, 11) is 0. The zero-order chi connectivity index (χ0) is 22.8. The Morgan fingerprint density at radius 3 is 2.59 bits per heavy atom. The van der Waals surface area contributed by atoms with Gasteiger partial charge >= 0.3 is 0 Å². The van der Waals surface area contributed by atoms with Crippen LogP contribution in [-0.2, 0) is 9.59 Å². The number of halogens is 3. The SMILES string of the molecule is C[C@@H](Nc1nc(N2CCN(C(=O)C3CNC(=O)C3)CC2)ncc1Cl)c1ccc(Cl)cc1Cl. The number of rotatable bonds is 5. The number of piperazine rings is 1. The quantitative estimate of drug-likeness (QED) is 0.658. The molecule has 1 aromatic heterocycles. The largest absolute Gasteiger partial charge is 0.362 e. The van der Waals surface area contributed by atoms with Crippen LogP contribution in [-0.4, -0.2) is 59.4 Å². The minimum absolute atomic E-state index is 0.0241. The molecule has 32 heavy (non-hydrogen) atoms. The van der Waals surface area contributed by atoms with Crippen LogP contribution in [0.1, 0.15) is 24.9 Å². The highest BCUT2D eigenvalue weighted by Crippen LogP contribution is 2.30. The summed E-state index contributed by atoms with van der Waals surface area (Å²) in [6.45, 7) is 4.67. The normalized spacial score (nSPS) is 19.6. The zero-order valence-electron chi connectivity index (χ0n) is 17.4. The van der Waals surface area contributed by atoms with Gasteiger partial charge in [-0.15, -0.1) is 0 Å². The molecule has 2 atom stereocenters. The Balaban J connectivity index is 1.40. The number of amides is 2. The van der Waals surface area contributed by atoms with E-state index in [1.165, 1.54) is 0 Å². The molecule has 3 heterocycles. The number of aromatic nitrogens is 2. The first-order valence-corrected chi connectivity index (χ1v) is 11.5. The highest BCUT2D eigenvalue weighted by Gasteiger charge is 2.33. The van der Waals surface area contributed by atoms with Crippen molar-refractivity contribution in [2.45, 2.75) is 19.4 Å². The third-order valence-electron chi connectivity index (χ3n) is 5.71. The highest BCUT2D eigenvalue weighted by molar-refractivity contribution is 6.35. The van der Waals surface area contributed by atoms with E-state index in [0.29, 0.717) is 59.6 Å². The summed E-state index contributed by atoms with van der Waals surface area (Å²) >= 11 is 18.7. The Morgan fingerprint density at radius 1 is 1.19 bits per heavy atom. The maximum Gasteiger partial charge on any atom is 0.228 e. The van der Waals surface area contributed by atoms with E-state index in [-0.39, 0.29) is 30.2 Å². The predicted molar refractivity (Wildman–Crippen MR) is 125 cm³/mol. The van der Waals surface area contributed by atoms with E-state index in [9.17, 15) is 9.59 Å². The molecular formula is C21H23Cl3N6O2. The van der Waals surface area contributed by atoms with E-state index in [1.54, 1.807) is 23.2 Å². The predicted octanol–water partition coefficient (Wildman–Crippen LogP) is 3.39. The lowest BCUT2D eigenvalue weighted by molar-refractivity contribution is -0.136. The number of carbonyl (C=O) groups excluding carboxylic acids is 2. The maximum absolute atomic E-state index is 12.6. The Hall–Kier alpha value is -2.29. The molecule has 4 rings (SSSR count). The standard InChI is InChI=1S/C21H23Cl3N6O2/c1-12(15-3-2-14(22)9-16(15)23)27-19-17(24)11-26-21(28-19)30-6-4-29(5-7-30)20(32)13-8-18(31)25-10-13/h2-3,9,11-13H,4-8,10H2,1H3,(H,25,31)(H,26,27,28)/t12-,13?/m1/s1. The molecule has 2 N–H and O–H groups in total. The number of carbonyl (C=O) groups is 2. The maximum atomic E-state index is 12.6. The molecule has 2 aliphatic heterocycles. The van der Waals surface area contributed by atoms with Crippen molar-refractivity contribution in [2.24, 2.45) is 5.92 Å². The number of hydrogen-bond acceptors (Lipinski definition) is 6. The second-order valence-electron chi connectivity index (χ2n) is 7.92. The van der Waals surface area contributed by atoms with Gasteiger partial charge < -0.3 is 20.4 Å². The van der Waals surface area contributed by atoms with Crippen LogP contribution in [0, 0.1) is 5.92 Å². The van der Waals surface area contributed by atoms with Crippen molar-refractivity contribution in [3.63, 3.8) is 0 Å². The van der Waals surface area contributed by atoms with Crippen LogP contribution in [0.3, 0.4) is 0 Å². The fourth-order valence-corrected chi connectivity index (χ4v) is 4.63. The van der Waals surface area contributed by atoms with Gasteiger partial charge in [-0.25, -0.2) is 4.98 Å². The summed E-state index contributed by atoms with van der Waals surface area (Å²) in [6.07, 6.45) is 1.83. The fourth-order valence-electron chi connectivity index (χ4n) is 3.91. The molecule has 2 aromatic rings. The van der Waals surface area contributed by atoms with Crippen molar-refractivity contribution in [3.8, 4) is 0 Å². The summed E-state index contributed by atoms with van der Waals surface area (Å²) < 4.78 is 0. The summed E-state index contributed by atoms with van der Waals surface area (Å²) in [5.74, 6) is 0.736. The van der Waals surface area contributed by atoms with Gasteiger partial charge in [-0.05, 0) is 24.6 Å². The molecule has 0 radical (unpaired) electrons. The molecule has 2 amide bonds. The summed E-state index contributed by atoms with van der Waals surface area (Å²) in [6, 6.07) is 5.19. The van der Waals surface area contributed by atoms with Crippen LogP contribution in [0.5, 0.6) is 0 Å². The minimum Gasteiger partial charge on any atom is -0.362 e. The molecule has 1 unspecified atom stereocenters. The van der Waals surface area contributed by atoms with Crippen molar-refractivity contribution < 1.29 is 9.59 Å². The second-order valence-corrected chi connectivity index (χ2v) is 9.17. The molecule has 1 aromatic carbocycles. The lowest BCUT2D eigenvalue weighted by Crippen LogP contribution is -2.51. The molecular weight excluding hydrogens is 475 g/mol. The van der Waals surface area contributed by atoms with Crippen LogP contribution >= 0.6 is 34.8 Å². The van der Waals surface area contributed by atoms with E-state index in [0.717, 1.165) is 5.56 Å². The smallest absolute Gasteiger partial charge is 0.228 e. The van der Waals surface area contributed by atoms with Crippen LogP contribution in [0.25, 0.3) is 0 Å². The van der Waals surface area contributed by atoms with Gasteiger partial charge in [0.2, 0.25) is 17.8 Å².